The second-order valence-electron chi connectivity index (χ2n) is 12.5. The van der Waals surface area contributed by atoms with Crippen LogP contribution in [0.1, 0.15) is 42.4 Å². The molecule has 0 spiro atoms. The number of halogens is 1. The minimum absolute atomic E-state index is 0.00778. The summed E-state index contributed by atoms with van der Waals surface area (Å²) >= 11 is 0. The van der Waals surface area contributed by atoms with Crippen molar-refractivity contribution in [1.82, 2.24) is 10.2 Å². The minimum atomic E-state index is -4.40. The maximum atomic E-state index is 14.7. The van der Waals surface area contributed by atoms with Crippen molar-refractivity contribution in [2.45, 2.75) is 62.6 Å². The van der Waals surface area contributed by atoms with Crippen LogP contribution in [0.25, 0.3) is 0 Å². The highest BCUT2D eigenvalue weighted by Gasteiger charge is 2.36. The van der Waals surface area contributed by atoms with Crippen LogP contribution in [0.15, 0.2) is 102 Å². The molecule has 49 heavy (non-hydrogen) atoms. The van der Waals surface area contributed by atoms with Gasteiger partial charge < -0.3 is 19.7 Å². The zero-order chi connectivity index (χ0) is 34.4. The van der Waals surface area contributed by atoms with Gasteiger partial charge in [-0.15, -0.1) is 0 Å². The van der Waals surface area contributed by atoms with Crippen molar-refractivity contribution in [1.29, 1.82) is 0 Å². The summed E-state index contributed by atoms with van der Waals surface area (Å²) in [6.45, 7) is 1.98. The van der Waals surface area contributed by atoms with Gasteiger partial charge in [0.25, 0.3) is 10.0 Å². The molecule has 2 aliphatic rings. The first-order valence-electron chi connectivity index (χ1n) is 16.5. The molecule has 0 bridgehead atoms. The van der Waals surface area contributed by atoms with Crippen molar-refractivity contribution in [3.05, 3.63) is 120 Å². The molecular formula is C38H40FN3O6S. The Hall–Kier alpha value is -4.90. The molecule has 0 aromatic heterocycles. The molecule has 1 fully saturated rings. The van der Waals surface area contributed by atoms with Crippen molar-refractivity contribution in [3.8, 4) is 11.5 Å². The first-order chi connectivity index (χ1) is 23.7. The van der Waals surface area contributed by atoms with E-state index in [2.05, 4.69) is 5.32 Å². The van der Waals surface area contributed by atoms with Crippen molar-refractivity contribution >= 4 is 27.5 Å². The van der Waals surface area contributed by atoms with E-state index in [0.717, 1.165) is 58.8 Å². The Kier molecular flexibility index (Phi) is 10.5. The summed E-state index contributed by atoms with van der Waals surface area (Å²) in [4.78, 5) is 30.2. The van der Waals surface area contributed by atoms with Crippen LogP contribution in [0.5, 0.6) is 11.5 Å². The van der Waals surface area contributed by atoms with Crippen LogP contribution in [0, 0.1) is 12.7 Å². The number of nitrogens with one attached hydrogen (secondary N) is 1. The average Bonchev–Trinajstić information content (AvgIpc) is 3.63. The standard InChI is InChI=1S/C38H40FN3O6S/c1-27-11-13-29(14-12-27)25-41(34(23-28-7-3-2-4-8-28)38(44)40-31-9-5-6-10-31)37(43)26-42(32-17-15-30(39)16-18-32)49(45,46)33-19-20-35-36(24-33)48-22-21-47-35/h2-4,7-8,11-20,24,31,34H,5-6,9-10,21-23,25-26H2,1H3,(H,40,44)/t34-/m0/s1. The van der Waals surface area contributed by atoms with E-state index < -0.39 is 34.3 Å². The van der Waals surface area contributed by atoms with Crippen LogP contribution in [0.3, 0.4) is 0 Å². The number of benzene rings is 4. The van der Waals surface area contributed by atoms with E-state index >= 15 is 0 Å². The van der Waals surface area contributed by atoms with Crippen molar-refractivity contribution in [2.75, 3.05) is 24.1 Å². The Morgan fingerprint density at radius 2 is 1.53 bits per heavy atom. The zero-order valence-electron chi connectivity index (χ0n) is 27.4. The number of anilines is 1. The number of carbonyl (C=O) groups is 2. The molecule has 1 aliphatic heterocycles. The summed E-state index contributed by atoms with van der Waals surface area (Å²) in [6.07, 6.45) is 3.99. The highest BCUT2D eigenvalue weighted by molar-refractivity contribution is 7.92. The van der Waals surface area contributed by atoms with E-state index in [4.69, 9.17) is 9.47 Å². The van der Waals surface area contributed by atoms with Gasteiger partial charge >= 0.3 is 0 Å². The van der Waals surface area contributed by atoms with Gasteiger partial charge in [-0.3, -0.25) is 13.9 Å². The number of ether oxygens (including phenoxy) is 2. The fourth-order valence-electron chi connectivity index (χ4n) is 6.26. The van der Waals surface area contributed by atoms with Crippen molar-refractivity contribution < 1.29 is 31.9 Å². The lowest BCUT2D eigenvalue weighted by Gasteiger charge is -2.34. The van der Waals surface area contributed by atoms with Gasteiger partial charge in [-0.1, -0.05) is 73.0 Å². The van der Waals surface area contributed by atoms with Gasteiger partial charge in [0.05, 0.1) is 10.6 Å². The first kappa shape index (κ1) is 34.0. The Balaban J connectivity index is 1.39. The molecule has 0 unspecified atom stereocenters. The van der Waals surface area contributed by atoms with Crippen LogP contribution in [0.2, 0.25) is 0 Å². The third-order valence-corrected chi connectivity index (χ3v) is 10.7. The van der Waals surface area contributed by atoms with E-state index in [9.17, 15) is 22.4 Å². The maximum absolute atomic E-state index is 14.7. The lowest BCUT2D eigenvalue weighted by Crippen LogP contribution is -2.54. The highest BCUT2D eigenvalue weighted by Crippen LogP contribution is 2.34. The Morgan fingerprint density at radius 1 is 0.857 bits per heavy atom. The molecule has 6 rings (SSSR count). The van der Waals surface area contributed by atoms with Crippen molar-refractivity contribution in [2.24, 2.45) is 0 Å². The molecule has 0 radical (unpaired) electrons. The molecule has 1 aliphatic carbocycles. The van der Waals surface area contributed by atoms with Gasteiger partial charge in [0.15, 0.2) is 11.5 Å². The van der Waals surface area contributed by atoms with Crippen LogP contribution in [-0.2, 0) is 32.6 Å². The molecular weight excluding hydrogens is 645 g/mol. The number of fused-ring (bicyclic) bond motifs is 1. The van der Waals surface area contributed by atoms with Gasteiger partial charge in [-0.25, -0.2) is 12.8 Å². The number of hydrogen-bond donors (Lipinski definition) is 1. The van der Waals surface area contributed by atoms with Crippen LogP contribution in [0.4, 0.5) is 10.1 Å². The van der Waals surface area contributed by atoms with Gasteiger partial charge in [0.1, 0.15) is 31.6 Å². The van der Waals surface area contributed by atoms with Crippen molar-refractivity contribution in [3.63, 3.8) is 0 Å². The number of nitrogens with zero attached hydrogens (tertiary/aromatic N) is 2. The topological polar surface area (TPSA) is 105 Å². The maximum Gasteiger partial charge on any atom is 0.264 e. The third kappa shape index (κ3) is 8.22. The van der Waals surface area contributed by atoms with Crippen LogP contribution in [-0.4, -0.2) is 57.0 Å². The molecule has 1 heterocycles. The fourth-order valence-corrected chi connectivity index (χ4v) is 7.69. The molecule has 0 saturated heterocycles. The van der Waals surface area contributed by atoms with Gasteiger partial charge in [-0.2, -0.15) is 0 Å². The van der Waals surface area contributed by atoms with Crippen LogP contribution < -0.4 is 19.1 Å². The number of hydrogen-bond acceptors (Lipinski definition) is 6. The molecule has 1 atom stereocenters. The quantitative estimate of drug-likeness (QED) is 0.202. The van der Waals surface area contributed by atoms with E-state index in [1.165, 1.54) is 35.2 Å². The second-order valence-corrected chi connectivity index (χ2v) is 14.4. The molecule has 9 nitrogen and oxygen atoms in total. The summed E-state index contributed by atoms with van der Waals surface area (Å²) in [5.41, 5.74) is 2.77. The highest BCUT2D eigenvalue weighted by atomic mass is 32.2. The smallest absolute Gasteiger partial charge is 0.264 e. The average molecular weight is 686 g/mol. The summed E-state index contributed by atoms with van der Waals surface area (Å²) in [7, 11) is -4.40. The number of rotatable bonds is 12. The number of amides is 2. The SMILES string of the molecule is Cc1ccc(CN(C(=O)CN(c2ccc(F)cc2)S(=O)(=O)c2ccc3c(c2)OCCO3)[C@@H](Cc2ccccc2)C(=O)NC2CCCC2)cc1. The second kappa shape index (κ2) is 15.1. The number of carbonyl (C=O) groups excluding carboxylic acids is 2. The van der Waals surface area contributed by atoms with E-state index in [1.54, 1.807) is 0 Å². The zero-order valence-corrected chi connectivity index (χ0v) is 28.2. The lowest BCUT2D eigenvalue weighted by atomic mass is 10.0. The fraction of sp³-hybridized carbons (Fsp3) is 0.316. The Morgan fingerprint density at radius 3 is 2.22 bits per heavy atom. The molecule has 1 N–H and O–H groups in total. The van der Waals surface area contributed by atoms with Gasteiger partial charge in [-0.05, 0) is 67.3 Å². The molecule has 256 valence electrons. The Labute approximate surface area is 286 Å². The number of aryl methyl sites for hydroxylation is 1. The third-order valence-electron chi connectivity index (χ3n) is 8.94. The lowest BCUT2D eigenvalue weighted by molar-refractivity contribution is -0.140. The van der Waals surface area contributed by atoms with E-state index in [1.807, 2.05) is 61.5 Å². The monoisotopic (exact) mass is 685 g/mol. The molecule has 4 aromatic carbocycles. The molecule has 1 saturated carbocycles. The summed E-state index contributed by atoms with van der Waals surface area (Å²) in [5, 5.41) is 3.17. The minimum Gasteiger partial charge on any atom is -0.486 e. The largest absolute Gasteiger partial charge is 0.486 e. The molecule has 2 amide bonds. The summed E-state index contributed by atoms with van der Waals surface area (Å²) in [5.74, 6) is -0.756. The Bertz CT molecular complexity index is 1860. The number of sulfonamides is 1. The molecule has 11 heteroatoms. The predicted octanol–water partition coefficient (Wildman–Crippen LogP) is 5.80. The summed E-state index contributed by atoms with van der Waals surface area (Å²) in [6, 6.07) is 25.4. The van der Waals surface area contributed by atoms with E-state index in [0.29, 0.717) is 12.4 Å². The van der Waals surface area contributed by atoms with E-state index in [-0.39, 0.29) is 47.9 Å². The summed E-state index contributed by atoms with van der Waals surface area (Å²) < 4.78 is 55.0. The first-order valence-corrected chi connectivity index (χ1v) is 18.0. The normalized spacial score (nSPS) is 15.0. The van der Waals surface area contributed by atoms with Gasteiger partial charge in [0.2, 0.25) is 11.8 Å². The van der Waals surface area contributed by atoms with Crippen LogP contribution >= 0.6 is 0 Å². The van der Waals surface area contributed by atoms with Gasteiger partial charge in [0, 0.05) is 25.1 Å². The molecule has 4 aromatic rings. The predicted molar refractivity (Wildman–Crippen MR) is 184 cm³/mol.